The minimum Gasteiger partial charge on any atom is -0.391 e. The number of aliphatic hydroxyl groups is 1. The van der Waals surface area contributed by atoms with Crippen molar-refractivity contribution in [3.8, 4) is 0 Å². The van der Waals surface area contributed by atoms with E-state index in [1.54, 1.807) is 0 Å². The third kappa shape index (κ3) is 3.96. The maximum Gasteiger partial charge on any atom is 0.319 e. The SMILES string of the molecule is CCCC(O)CNC(=O)Nc1ccc2ccccc2c1. The van der Waals surface area contributed by atoms with Gasteiger partial charge in [0, 0.05) is 12.2 Å². The molecule has 2 aromatic carbocycles. The Kier molecular flexibility index (Phi) is 4.96. The molecule has 2 rings (SSSR count). The first-order valence-corrected chi connectivity index (χ1v) is 6.90. The van der Waals surface area contributed by atoms with E-state index in [0.717, 1.165) is 22.9 Å². The number of carbonyl (C=O) groups is 1. The van der Waals surface area contributed by atoms with Crippen LogP contribution in [0.3, 0.4) is 0 Å². The first-order valence-electron chi connectivity index (χ1n) is 6.90. The first-order chi connectivity index (χ1) is 9.69. The van der Waals surface area contributed by atoms with Crippen LogP contribution >= 0.6 is 0 Å². The molecule has 0 aliphatic heterocycles. The van der Waals surface area contributed by atoms with E-state index in [1.807, 2.05) is 49.4 Å². The molecule has 2 aromatic rings. The predicted molar refractivity (Wildman–Crippen MR) is 81.9 cm³/mol. The van der Waals surface area contributed by atoms with Gasteiger partial charge in [-0.15, -0.1) is 0 Å². The van der Waals surface area contributed by atoms with Crippen LogP contribution in [0.4, 0.5) is 10.5 Å². The summed E-state index contributed by atoms with van der Waals surface area (Å²) in [7, 11) is 0. The Balaban J connectivity index is 1.92. The second-order valence-corrected chi connectivity index (χ2v) is 4.84. The van der Waals surface area contributed by atoms with E-state index in [4.69, 9.17) is 0 Å². The summed E-state index contributed by atoms with van der Waals surface area (Å²) in [6, 6.07) is 13.4. The van der Waals surface area contributed by atoms with E-state index < -0.39 is 6.10 Å². The Morgan fingerprint density at radius 1 is 1.20 bits per heavy atom. The number of nitrogens with one attached hydrogen (secondary N) is 2. The van der Waals surface area contributed by atoms with Crippen LogP contribution < -0.4 is 10.6 Å². The molecule has 0 heterocycles. The molecule has 0 aliphatic carbocycles. The van der Waals surface area contributed by atoms with Gasteiger partial charge in [-0.05, 0) is 29.3 Å². The highest BCUT2D eigenvalue weighted by Gasteiger charge is 2.06. The fraction of sp³-hybridized carbons (Fsp3) is 0.312. The fourth-order valence-electron chi connectivity index (χ4n) is 2.09. The first kappa shape index (κ1) is 14.3. The maximum absolute atomic E-state index is 11.7. The molecule has 0 aromatic heterocycles. The number of aliphatic hydroxyl groups excluding tert-OH is 1. The molecule has 20 heavy (non-hydrogen) atoms. The molecule has 0 bridgehead atoms. The van der Waals surface area contributed by atoms with Crippen LogP contribution in [-0.2, 0) is 0 Å². The molecular weight excluding hydrogens is 252 g/mol. The largest absolute Gasteiger partial charge is 0.391 e. The number of hydrogen-bond acceptors (Lipinski definition) is 2. The highest BCUT2D eigenvalue weighted by Crippen LogP contribution is 2.18. The Morgan fingerprint density at radius 3 is 2.70 bits per heavy atom. The van der Waals surface area contributed by atoms with Crippen LogP contribution in [0.5, 0.6) is 0 Å². The zero-order valence-electron chi connectivity index (χ0n) is 11.6. The number of rotatable bonds is 5. The molecule has 0 spiro atoms. The summed E-state index contributed by atoms with van der Waals surface area (Å²) in [5.41, 5.74) is 0.742. The van der Waals surface area contributed by atoms with Gasteiger partial charge in [-0.1, -0.05) is 43.7 Å². The zero-order valence-corrected chi connectivity index (χ0v) is 11.6. The molecular formula is C16H20N2O2. The molecule has 1 atom stereocenters. The Labute approximate surface area is 118 Å². The Bertz CT molecular complexity index is 583. The number of urea groups is 1. The van der Waals surface area contributed by atoms with Gasteiger partial charge in [-0.25, -0.2) is 4.79 Å². The molecule has 0 fully saturated rings. The van der Waals surface area contributed by atoms with Crippen LogP contribution in [0.15, 0.2) is 42.5 Å². The third-order valence-electron chi connectivity index (χ3n) is 3.13. The fourth-order valence-corrected chi connectivity index (χ4v) is 2.09. The topological polar surface area (TPSA) is 61.4 Å². The van der Waals surface area contributed by atoms with E-state index in [-0.39, 0.29) is 12.6 Å². The van der Waals surface area contributed by atoms with Crippen LogP contribution in [0.2, 0.25) is 0 Å². The predicted octanol–water partition coefficient (Wildman–Crippen LogP) is 3.12. The molecule has 0 saturated carbocycles. The highest BCUT2D eigenvalue weighted by molar-refractivity contribution is 5.93. The molecule has 2 amide bonds. The van der Waals surface area contributed by atoms with Crippen molar-refractivity contribution in [3.05, 3.63) is 42.5 Å². The van der Waals surface area contributed by atoms with E-state index in [2.05, 4.69) is 10.6 Å². The van der Waals surface area contributed by atoms with Crippen molar-refractivity contribution in [2.45, 2.75) is 25.9 Å². The molecule has 3 N–H and O–H groups in total. The minimum absolute atomic E-state index is 0.271. The van der Waals surface area contributed by atoms with E-state index in [9.17, 15) is 9.90 Å². The molecule has 106 valence electrons. The molecule has 4 heteroatoms. The standard InChI is InChI=1S/C16H20N2O2/c1-2-5-15(19)11-17-16(20)18-14-9-8-12-6-3-4-7-13(12)10-14/h3-4,6-10,15,19H,2,5,11H2,1H3,(H2,17,18,20). The monoisotopic (exact) mass is 272 g/mol. The van der Waals surface area contributed by atoms with Crippen molar-refractivity contribution in [2.24, 2.45) is 0 Å². The molecule has 0 radical (unpaired) electrons. The normalized spacial score (nSPS) is 12.1. The van der Waals surface area contributed by atoms with Gasteiger partial charge < -0.3 is 15.7 Å². The number of hydrogen-bond donors (Lipinski definition) is 3. The Hall–Kier alpha value is -2.07. The van der Waals surface area contributed by atoms with Crippen molar-refractivity contribution in [3.63, 3.8) is 0 Å². The quantitative estimate of drug-likeness (QED) is 0.783. The smallest absolute Gasteiger partial charge is 0.319 e. The van der Waals surface area contributed by atoms with E-state index >= 15 is 0 Å². The van der Waals surface area contributed by atoms with Gasteiger partial charge in [0.25, 0.3) is 0 Å². The lowest BCUT2D eigenvalue weighted by Crippen LogP contribution is -2.35. The molecule has 0 saturated heterocycles. The van der Waals surface area contributed by atoms with Crippen LogP contribution in [0, 0.1) is 0 Å². The summed E-state index contributed by atoms with van der Waals surface area (Å²) < 4.78 is 0. The van der Waals surface area contributed by atoms with Crippen LogP contribution in [-0.4, -0.2) is 23.8 Å². The summed E-state index contributed by atoms with van der Waals surface area (Å²) in [4.78, 5) is 11.7. The number of benzene rings is 2. The number of anilines is 1. The lowest BCUT2D eigenvalue weighted by molar-refractivity contribution is 0.162. The molecule has 0 aliphatic rings. The summed E-state index contributed by atoms with van der Waals surface area (Å²) >= 11 is 0. The van der Waals surface area contributed by atoms with E-state index in [1.165, 1.54) is 0 Å². The maximum atomic E-state index is 11.7. The second-order valence-electron chi connectivity index (χ2n) is 4.84. The lowest BCUT2D eigenvalue weighted by Gasteiger charge is -2.12. The summed E-state index contributed by atoms with van der Waals surface area (Å²) in [6.07, 6.45) is 1.10. The average molecular weight is 272 g/mol. The number of amides is 2. The van der Waals surface area contributed by atoms with Gasteiger partial charge in [-0.2, -0.15) is 0 Å². The lowest BCUT2D eigenvalue weighted by atomic mass is 10.1. The van der Waals surface area contributed by atoms with Gasteiger partial charge in [0.05, 0.1) is 6.10 Å². The summed E-state index contributed by atoms with van der Waals surface area (Å²) in [5.74, 6) is 0. The third-order valence-corrected chi connectivity index (χ3v) is 3.13. The Morgan fingerprint density at radius 2 is 1.95 bits per heavy atom. The van der Waals surface area contributed by atoms with E-state index in [0.29, 0.717) is 6.42 Å². The number of fused-ring (bicyclic) bond motifs is 1. The van der Waals surface area contributed by atoms with Crippen molar-refractivity contribution in [1.29, 1.82) is 0 Å². The minimum atomic E-state index is -0.484. The van der Waals surface area contributed by atoms with Crippen molar-refractivity contribution < 1.29 is 9.90 Å². The van der Waals surface area contributed by atoms with Crippen LogP contribution in [0.25, 0.3) is 10.8 Å². The van der Waals surface area contributed by atoms with Gasteiger partial charge in [-0.3, -0.25) is 0 Å². The summed E-state index contributed by atoms with van der Waals surface area (Å²) in [6.45, 7) is 2.27. The van der Waals surface area contributed by atoms with Gasteiger partial charge in [0.1, 0.15) is 0 Å². The molecule has 1 unspecified atom stereocenters. The van der Waals surface area contributed by atoms with Crippen molar-refractivity contribution >= 4 is 22.5 Å². The van der Waals surface area contributed by atoms with Crippen molar-refractivity contribution in [1.82, 2.24) is 5.32 Å². The van der Waals surface area contributed by atoms with Crippen LogP contribution in [0.1, 0.15) is 19.8 Å². The van der Waals surface area contributed by atoms with Gasteiger partial charge >= 0.3 is 6.03 Å². The average Bonchev–Trinajstić information content (AvgIpc) is 2.45. The van der Waals surface area contributed by atoms with Crippen molar-refractivity contribution in [2.75, 3.05) is 11.9 Å². The molecule has 4 nitrogen and oxygen atoms in total. The highest BCUT2D eigenvalue weighted by atomic mass is 16.3. The van der Waals surface area contributed by atoms with Gasteiger partial charge in [0.2, 0.25) is 0 Å². The zero-order chi connectivity index (χ0) is 14.4. The number of carbonyl (C=O) groups excluding carboxylic acids is 1. The second kappa shape index (κ2) is 6.91. The summed E-state index contributed by atoms with van der Waals surface area (Å²) in [5, 5.41) is 17.2. The van der Waals surface area contributed by atoms with Gasteiger partial charge in [0.15, 0.2) is 0 Å².